The number of benzene rings is 1. The van der Waals surface area contributed by atoms with Crippen molar-refractivity contribution in [2.75, 3.05) is 12.3 Å². The van der Waals surface area contributed by atoms with Gasteiger partial charge in [-0.25, -0.2) is 0 Å². The van der Waals surface area contributed by atoms with Crippen LogP contribution in [0.5, 0.6) is 0 Å². The molecular weight excluding hydrogens is 322 g/mol. The maximum atomic E-state index is 12.7. The minimum Gasteiger partial charge on any atom is -0.323 e. The van der Waals surface area contributed by atoms with Gasteiger partial charge in [0.25, 0.3) is 0 Å². The Labute approximate surface area is 138 Å². The molecule has 3 rings (SSSR count). The predicted octanol–water partition coefficient (Wildman–Crippen LogP) is 4.61. The van der Waals surface area contributed by atoms with Crippen molar-refractivity contribution in [2.24, 2.45) is 0 Å². The summed E-state index contributed by atoms with van der Waals surface area (Å²) in [6.45, 7) is 2.86. The van der Waals surface area contributed by atoms with E-state index in [9.17, 15) is 4.79 Å². The third-order valence-electron chi connectivity index (χ3n) is 3.49. The monoisotopic (exact) mass is 337 g/mol. The summed E-state index contributed by atoms with van der Waals surface area (Å²) in [4.78, 5) is 17.1. The van der Waals surface area contributed by atoms with Gasteiger partial charge in [0.2, 0.25) is 5.91 Å². The molecule has 110 valence electrons. The van der Waals surface area contributed by atoms with E-state index in [1.165, 1.54) is 9.75 Å². The van der Waals surface area contributed by atoms with Gasteiger partial charge in [-0.05, 0) is 24.6 Å². The standard InChI is InChI=1S/C16H16ClNOS2/c1-11-7-8-13(21-11)16-18(9-10-20-16)15(19)14(17)12-5-3-2-4-6-12/h2-8,14,16H,9-10H2,1H3/t14-,16+/m0/s1. The molecular formula is C16H16ClNOS2. The Morgan fingerprint density at radius 2 is 2.05 bits per heavy atom. The zero-order valence-electron chi connectivity index (χ0n) is 11.7. The van der Waals surface area contributed by atoms with Gasteiger partial charge in [0.15, 0.2) is 0 Å². The first kappa shape index (κ1) is 14.9. The van der Waals surface area contributed by atoms with E-state index < -0.39 is 5.38 Å². The SMILES string of the molecule is Cc1ccc([C@H]2SCCN2C(=O)[C@@H](Cl)c2ccccc2)s1. The Morgan fingerprint density at radius 1 is 1.29 bits per heavy atom. The molecule has 2 heterocycles. The number of alkyl halides is 1. The fourth-order valence-electron chi connectivity index (χ4n) is 2.43. The summed E-state index contributed by atoms with van der Waals surface area (Å²) in [5, 5.41) is -0.491. The molecule has 0 bridgehead atoms. The maximum absolute atomic E-state index is 12.7. The number of carbonyl (C=O) groups excluding carboxylic acids is 1. The van der Waals surface area contributed by atoms with Crippen LogP contribution in [0.3, 0.4) is 0 Å². The smallest absolute Gasteiger partial charge is 0.246 e. The van der Waals surface area contributed by atoms with Crippen molar-refractivity contribution >= 4 is 40.6 Å². The van der Waals surface area contributed by atoms with Gasteiger partial charge < -0.3 is 4.90 Å². The Morgan fingerprint density at radius 3 is 2.71 bits per heavy atom. The Balaban J connectivity index is 1.80. The molecule has 0 N–H and O–H groups in total. The topological polar surface area (TPSA) is 20.3 Å². The van der Waals surface area contributed by atoms with E-state index in [0.717, 1.165) is 17.9 Å². The molecule has 0 unspecified atom stereocenters. The number of hydrogen-bond donors (Lipinski definition) is 0. The molecule has 1 saturated heterocycles. The number of halogens is 1. The third-order valence-corrected chi connectivity index (χ3v) is 6.37. The van der Waals surface area contributed by atoms with Crippen molar-refractivity contribution in [3.8, 4) is 0 Å². The lowest BCUT2D eigenvalue weighted by molar-refractivity contribution is -0.131. The van der Waals surface area contributed by atoms with Crippen molar-refractivity contribution in [1.82, 2.24) is 4.90 Å². The first-order valence-corrected chi connectivity index (χ1v) is 9.14. The average molecular weight is 338 g/mol. The van der Waals surface area contributed by atoms with Crippen LogP contribution in [-0.2, 0) is 4.79 Å². The summed E-state index contributed by atoms with van der Waals surface area (Å²) in [5.74, 6) is 0.968. The van der Waals surface area contributed by atoms with Gasteiger partial charge in [-0.3, -0.25) is 4.79 Å². The lowest BCUT2D eigenvalue weighted by Crippen LogP contribution is -2.32. The van der Waals surface area contributed by atoms with E-state index in [4.69, 9.17) is 11.6 Å². The fraction of sp³-hybridized carbons (Fsp3) is 0.312. The molecule has 0 saturated carbocycles. The molecule has 1 aliphatic rings. The van der Waals surface area contributed by atoms with Crippen LogP contribution in [0.4, 0.5) is 0 Å². The van der Waals surface area contributed by atoms with Crippen LogP contribution >= 0.6 is 34.7 Å². The van der Waals surface area contributed by atoms with Gasteiger partial charge in [-0.15, -0.1) is 34.7 Å². The Kier molecular flexibility index (Phi) is 4.57. The van der Waals surface area contributed by atoms with Crippen LogP contribution in [0.2, 0.25) is 0 Å². The number of amides is 1. The fourth-order valence-corrected chi connectivity index (χ4v) is 5.08. The van der Waals surface area contributed by atoms with Gasteiger partial charge in [-0.1, -0.05) is 30.3 Å². The molecule has 1 aromatic heterocycles. The summed E-state index contributed by atoms with van der Waals surface area (Å²) >= 11 is 9.97. The van der Waals surface area contributed by atoms with Crippen LogP contribution < -0.4 is 0 Å². The number of thioether (sulfide) groups is 1. The lowest BCUT2D eigenvalue weighted by Gasteiger charge is -2.25. The van der Waals surface area contributed by atoms with E-state index in [0.29, 0.717) is 0 Å². The van der Waals surface area contributed by atoms with Crippen molar-refractivity contribution in [1.29, 1.82) is 0 Å². The highest BCUT2D eigenvalue weighted by Crippen LogP contribution is 2.42. The van der Waals surface area contributed by atoms with Gasteiger partial charge in [0.1, 0.15) is 10.8 Å². The highest BCUT2D eigenvalue weighted by atomic mass is 35.5. The normalized spacial score (nSPS) is 19.7. The van der Waals surface area contributed by atoms with Gasteiger partial charge in [-0.2, -0.15) is 0 Å². The largest absolute Gasteiger partial charge is 0.323 e. The maximum Gasteiger partial charge on any atom is 0.246 e. The minimum absolute atomic E-state index is 0.00363. The van der Waals surface area contributed by atoms with Crippen molar-refractivity contribution in [3.05, 3.63) is 57.8 Å². The summed E-state index contributed by atoms with van der Waals surface area (Å²) in [5.41, 5.74) is 0.863. The van der Waals surface area contributed by atoms with Crippen molar-refractivity contribution < 1.29 is 4.79 Å². The van der Waals surface area contributed by atoms with Gasteiger partial charge >= 0.3 is 0 Å². The Hall–Kier alpha value is -0.970. The Bertz CT molecular complexity index is 628. The minimum atomic E-state index is -0.603. The molecule has 0 spiro atoms. The predicted molar refractivity (Wildman–Crippen MR) is 91.0 cm³/mol. The van der Waals surface area contributed by atoms with Crippen molar-refractivity contribution in [2.45, 2.75) is 17.7 Å². The van der Waals surface area contributed by atoms with E-state index in [1.54, 1.807) is 11.3 Å². The number of aryl methyl sites for hydroxylation is 1. The van der Waals surface area contributed by atoms with Crippen LogP contribution in [0.1, 0.15) is 26.1 Å². The zero-order valence-corrected chi connectivity index (χ0v) is 14.0. The molecule has 1 aliphatic heterocycles. The van der Waals surface area contributed by atoms with Crippen LogP contribution in [0.25, 0.3) is 0 Å². The first-order chi connectivity index (χ1) is 10.2. The summed E-state index contributed by atoms with van der Waals surface area (Å²) in [6, 6.07) is 13.8. The van der Waals surface area contributed by atoms with Crippen LogP contribution in [0, 0.1) is 6.92 Å². The molecule has 21 heavy (non-hydrogen) atoms. The quantitative estimate of drug-likeness (QED) is 0.762. The van der Waals surface area contributed by atoms with Crippen LogP contribution in [-0.4, -0.2) is 23.1 Å². The highest BCUT2D eigenvalue weighted by molar-refractivity contribution is 7.99. The number of carbonyl (C=O) groups is 1. The second-order valence-corrected chi connectivity index (χ2v) is 7.92. The molecule has 2 atom stereocenters. The summed E-state index contributed by atoms with van der Waals surface area (Å²) in [6.07, 6.45) is 0. The zero-order chi connectivity index (χ0) is 14.8. The first-order valence-electron chi connectivity index (χ1n) is 6.84. The average Bonchev–Trinajstić information content (AvgIpc) is 3.15. The van der Waals surface area contributed by atoms with Crippen molar-refractivity contribution in [3.63, 3.8) is 0 Å². The number of hydrogen-bond acceptors (Lipinski definition) is 3. The number of thiophene rings is 1. The van der Waals surface area contributed by atoms with E-state index >= 15 is 0 Å². The molecule has 0 aliphatic carbocycles. The lowest BCUT2D eigenvalue weighted by atomic mass is 10.1. The second kappa shape index (κ2) is 6.42. The molecule has 1 aromatic carbocycles. The molecule has 2 aromatic rings. The molecule has 1 fully saturated rings. The van der Waals surface area contributed by atoms with Crippen LogP contribution in [0.15, 0.2) is 42.5 Å². The number of nitrogens with zero attached hydrogens (tertiary/aromatic N) is 1. The third kappa shape index (κ3) is 3.12. The van der Waals surface area contributed by atoms with Gasteiger partial charge in [0, 0.05) is 22.1 Å². The molecule has 5 heteroatoms. The van der Waals surface area contributed by atoms with E-state index in [1.807, 2.05) is 47.0 Å². The number of rotatable bonds is 3. The summed E-state index contributed by atoms with van der Waals surface area (Å²) in [7, 11) is 0. The van der Waals surface area contributed by atoms with E-state index in [-0.39, 0.29) is 11.3 Å². The molecule has 2 nitrogen and oxygen atoms in total. The van der Waals surface area contributed by atoms with E-state index in [2.05, 4.69) is 19.1 Å². The molecule has 1 amide bonds. The molecule has 0 radical (unpaired) electrons. The second-order valence-electron chi connectivity index (χ2n) is 4.98. The summed E-state index contributed by atoms with van der Waals surface area (Å²) < 4.78 is 0. The highest BCUT2D eigenvalue weighted by Gasteiger charge is 2.35. The van der Waals surface area contributed by atoms with Gasteiger partial charge in [0.05, 0.1) is 0 Å².